The smallest absolute Gasteiger partial charge is 0.125 e. The monoisotopic (exact) mass is 262 g/mol. The minimum Gasteiger partial charge on any atom is -0.486 e. The van der Waals surface area contributed by atoms with Crippen LogP contribution in [-0.2, 0) is 6.61 Å². The quantitative estimate of drug-likeness (QED) is 0.903. The summed E-state index contributed by atoms with van der Waals surface area (Å²) in [5.41, 5.74) is 1.79. The second-order valence-electron chi connectivity index (χ2n) is 4.08. The molecule has 0 spiro atoms. The van der Waals surface area contributed by atoms with Gasteiger partial charge in [-0.2, -0.15) is 0 Å². The molecule has 0 saturated carbocycles. The van der Waals surface area contributed by atoms with Crippen molar-refractivity contribution in [1.82, 2.24) is 0 Å². The van der Waals surface area contributed by atoms with Crippen molar-refractivity contribution in [2.24, 2.45) is 0 Å². The van der Waals surface area contributed by atoms with Gasteiger partial charge < -0.3 is 9.84 Å². The van der Waals surface area contributed by atoms with E-state index < -0.39 is 0 Å². The molecule has 0 fully saturated rings. The Bertz CT molecular complexity index is 511. The topological polar surface area (TPSA) is 29.5 Å². The van der Waals surface area contributed by atoms with Crippen LogP contribution in [0.2, 0.25) is 5.02 Å². The van der Waals surface area contributed by atoms with Crippen LogP contribution in [0.25, 0.3) is 0 Å². The van der Waals surface area contributed by atoms with Gasteiger partial charge in [0.25, 0.3) is 0 Å². The normalized spacial score (nSPS) is 12.2. The van der Waals surface area contributed by atoms with Crippen molar-refractivity contribution >= 4 is 11.6 Å². The van der Waals surface area contributed by atoms with Crippen molar-refractivity contribution in [3.05, 3.63) is 64.7 Å². The number of halogens is 1. The van der Waals surface area contributed by atoms with E-state index in [2.05, 4.69) is 0 Å². The summed E-state index contributed by atoms with van der Waals surface area (Å²) in [5.74, 6) is 0.665. The fraction of sp³-hybridized carbons (Fsp3) is 0.200. The predicted octanol–water partition coefficient (Wildman–Crippen LogP) is 3.97. The molecule has 2 aromatic rings. The van der Waals surface area contributed by atoms with Gasteiger partial charge >= 0.3 is 0 Å². The third kappa shape index (κ3) is 3.03. The van der Waals surface area contributed by atoms with Crippen molar-refractivity contribution in [1.29, 1.82) is 0 Å². The lowest BCUT2D eigenvalue weighted by atomic mass is 10.1. The molecule has 0 aromatic heterocycles. The molecule has 94 valence electrons. The maximum Gasteiger partial charge on any atom is 0.125 e. The summed E-state index contributed by atoms with van der Waals surface area (Å²) in [4.78, 5) is 0. The van der Waals surface area contributed by atoms with E-state index in [1.54, 1.807) is 18.2 Å². The molecule has 1 N–H and O–H groups in total. The molecule has 18 heavy (non-hydrogen) atoms. The fourth-order valence-electron chi connectivity index (χ4n) is 1.77. The maximum atomic E-state index is 9.29. The Hall–Kier alpha value is -1.51. The van der Waals surface area contributed by atoms with Crippen molar-refractivity contribution in [2.75, 3.05) is 0 Å². The zero-order chi connectivity index (χ0) is 13.0. The third-order valence-corrected chi connectivity index (χ3v) is 3.00. The van der Waals surface area contributed by atoms with E-state index in [4.69, 9.17) is 16.3 Å². The molecular formula is C15H15ClO2. The second kappa shape index (κ2) is 5.89. The highest BCUT2D eigenvalue weighted by Crippen LogP contribution is 2.27. The highest BCUT2D eigenvalue weighted by atomic mass is 35.5. The van der Waals surface area contributed by atoms with E-state index in [0.29, 0.717) is 16.3 Å². The van der Waals surface area contributed by atoms with Gasteiger partial charge in [-0.1, -0.05) is 41.9 Å². The van der Waals surface area contributed by atoms with Gasteiger partial charge in [-0.05, 0) is 30.7 Å². The van der Waals surface area contributed by atoms with E-state index in [-0.39, 0.29) is 12.7 Å². The summed E-state index contributed by atoms with van der Waals surface area (Å²) in [6, 6.07) is 15.2. The number of hydrogen-bond donors (Lipinski definition) is 1. The van der Waals surface area contributed by atoms with Crippen LogP contribution in [0.1, 0.15) is 24.2 Å². The van der Waals surface area contributed by atoms with Gasteiger partial charge in [0.15, 0.2) is 0 Å². The van der Waals surface area contributed by atoms with Gasteiger partial charge in [0.05, 0.1) is 6.61 Å². The molecule has 0 bridgehead atoms. The van der Waals surface area contributed by atoms with Crippen LogP contribution in [0.3, 0.4) is 0 Å². The highest BCUT2D eigenvalue weighted by molar-refractivity contribution is 6.30. The van der Waals surface area contributed by atoms with E-state index in [0.717, 1.165) is 5.56 Å². The molecule has 0 heterocycles. The molecule has 2 rings (SSSR count). The first kappa shape index (κ1) is 12.9. The molecule has 2 nitrogen and oxygen atoms in total. The van der Waals surface area contributed by atoms with Crippen molar-refractivity contribution in [3.8, 4) is 5.75 Å². The van der Waals surface area contributed by atoms with Gasteiger partial charge in [0.2, 0.25) is 0 Å². The first-order valence-electron chi connectivity index (χ1n) is 5.81. The Morgan fingerprint density at radius 1 is 1.17 bits per heavy atom. The molecule has 1 atom stereocenters. The van der Waals surface area contributed by atoms with Gasteiger partial charge in [0, 0.05) is 10.6 Å². The van der Waals surface area contributed by atoms with Crippen LogP contribution < -0.4 is 4.74 Å². The first-order chi connectivity index (χ1) is 8.70. The summed E-state index contributed by atoms with van der Waals surface area (Å²) in [6.45, 7) is 1.89. The first-order valence-corrected chi connectivity index (χ1v) is 6.19. The summed E-state index contributed by atoms with van der Waals surface area (Å²) >= 11 is 5.88. The Labute approximate surface area is 112 Å². The van der Waals surface area contributed by atoms with Crippen LogP contribution in [0.5, 0.6) is 5.75 Å². The molecule has 0 aliphatic heterocycles. The molecule has 1 unspecified atom stereocenters. The lowest BCUT2D eigenvalue weighted by Gasteiger charge is -2.17. The molecule has 0 aliphatic carbocycles. The van der Waals surface area contributed by atoms with Crippen molar-refractivity contribution < 1.29 is 9.84 Å². The zero-order valence-corrected chi connectivity index (χ0v) is 10.9. The largest absolute Gasteiger partial charge is 0.486 e. The van der Waals surface area contributed by atoms with Gasteiger partial charge in [-0.3, -0.25) is 0 Å². The minimum atomic E-state index is -0.0859. The molecule has 2 aromatic carbocycles. The van der Waals surface area contributed by atoms with E-state index >= 15 is 0 Å². The molecular weight excluding hydrogens is 248 g/mol. The SMILES string of the molecule is CC(Oc1ccc(Cl)cc1CO)c1ccccc1. The number of hydrogen-bond acceptors (Lipinski definition) is 2. The molecule has 3 heteroatoms. The molecule has 0 radical (unpaired) electrons. The Morgan fingerprint density at radius 3 is 2.56 bits per heavy atom. The zero-order valence-electron chi connectivity index (χ0n) is 10.1. The fourth-order valence-corrected chi connectivity index (χ4v) is 1.96. The van der Waals surface area contributed by atoms with E-state index in [9.17, 15) is 5.11 Å². The number of aliphatic hydroxyl groups excluding tert-OH is 1. The van der Waals surface area contributed by atoms with Crippen LogP contribution in [0.15, 0.2) is 48.5 Å². The lowest BCUT2D eigenvalue weighted by molar-refractivity contribution is 0.213. The van der Waals surface area contributed by atoms with Crippen molar-refractivity contribution in [2.45, 2.75) is 19.6 Å². The van der Waals surface area contributed by atoms with Gasteiger partial charge in [-0.15, -0.1) is 0 Å². The predicted molar refractivity (Wildman–Crippen MR) is 72.9 cm³/mol. The van der Waals surface area contributed by atoms with E-state index in [1.165, 1.54) is 0 Å². The lowest BCUT2D eigenvalue weighted by Crippen LogP contribution is -2.04. The summed E-state index contributed by atoms with van der Waals surface area (Å²) in [5, 5.41) is 9.88. The third-order valence-electron chi connectivity index (χ3n) is 2.77. The molecule has 0 aliphatic rings. The van der Waals surface area contributed by atoms with Gasteiger partial charge in [0.1, 0.15) is 11.9 Å². The summed E-state index contributed by atoms with van der Waals surface area (Å²) < 4.78 is 5.86. The van der Waals surface area contributed by atoms with Gasteiger partial charge in [-0.25, -0.2) is 0 Å². The number of aliphatic hydroxyl groups is 1. The Balaban J connectivity index is 2.19. The van der Waals surface area contributed by atoms with Crippen LogP contribution >= 0.6 is 11.6 Å². The van der Waals surface area contributed by atoms with Crippen molar-refractivity contribution in [3.63, 3.8) is 0 Å². The number of ether oxygens (including phenoxy) is 1. The Morgan fingerprint density at radius 2 is 1.89 bits per heavy atom. The summed E-state index contributed by atoms with van der Waals surface area (Å²) in [7, 11) is 0. The average molecular weight is 263 g/mol. The second-order valence-corrected chi connectivity index (χ2v) is 4.52. The van der Waals surface area contributed by atoms with Crippen LogP contribution in [-0.4, -0.2) is 5.11 Å². The Kier molecular flexibility index (Phi) is 4.24. The highest BCUT2D eigenvalue weighted by Gasteiger charge is 2.10. The van der Waals surface area contributed by atoms with Crippen LogP contribution in [0.4, 0.5) is 0 Å². The standard InChI is InChI=1S/C15H15ClO2/c1-11(12-5-3-2-4-6-12)18-15-8-7-14(16)9-13(15)10-17/h2-9,11,17H,10H2,1H3. The number of benzene rings is 2. The maximum absolute atomic E-state index is 9.29. The minimum absolute atomic E-state index is 0.0716. The number of rotatable bonds is 4. The summed E-state index contributed by atoms with van der Waals surface area (Å²) in [6.07, 6.45) is -0.0716. The molecule has 0 amide bonds. The molecule has 0 saturated heterocycles. The average Bonchev–Trinajstić information content (AvgIpc) is 2.41. The van der Waals surface area contributed by atoms with E-state index in [1.807, 2.05) is 37.3 Å². The van der Waals surface area contributed by atoms with Crippen LogP contribution in [0, 0.1) is 0 Å².